The number of aryl methyl sites for hydroxylation is 1. The third kappa shape index (κ3) is 4.52. The number of carbonyl (C=O) groups is 2. The van der Waals surface area contributed by atoms with Crippen LogP contribution >= 0.6 is 11.3 Å². The van der Waals surface area contributed by atoms with E-state index in [9.17, 15) is 9.59 Å². The van der Waals surface area contributed by atoms with E-state index in [-0.39, 0.29) is 17.7 Å². The Morgan fingerprint density at radius 3 is 2.63 bits per heavy atom. The number of hydrogen-bond donors (Lipinski definition) is 2. The molecule has 4 rings (SSSR count). The maximum atomic E-state index is 12.7. The molecule has 0 unspecified atom stereocenters. The van der Waals surface area contributed by atoms with Gasteiger partial charge in [-0.3, -0.25) is 14.9 Å². The van der Waals surface area contributed by atoms with Gasteiger partial charge >= 0.3 is 0 Å². The van der Waals surface area contributed by atoms with Gasteiger partial charge in [0.25, 0.3) is 5.91 Å². The minimum absolute atomic E-state index is 0.00279. The highest BCUT2D eigenvalue weighted by molar-refractivity contribution is 7.16. The third-order valence-corrected chi connectivity index (χ3v) is 6.21. The molecule has 2 N–H and O–H groups in total. The lowest BCUT2D eigenvalue weighted by atomic mass is 10.1. The molecule has 0 spiro atoms. The van der Waals surface area contributed by atoms with Crippen LogP contribution in [0.5, 0.6) is 5.75 Å². The molecular weight excluding hydrogens is 398 g/mol. The van der Waals surface area contributed by atoms with Crippen molar-refractivity contribution in [3.8, 4) is 5.75 Å². The molecule has 0 aliphatic heterocycles. The van der Waals surface area contributed by atoms with Gasteiger partial charge in [-0.25, -0.2) is 4.98 Å². The zero-order chi connectivity index (χ0) is 20.9. The number of nitrogens with one attached hydrogen (secondary N) is 2. The number of benzene rings is 2. The van der Waals surface area contributed by atoms with E-state index in [0.29, 0.717) is 23.0 Å². The molecule has 2 amide bonds. The van der Waals surface area contributed by atoms with Crippen LogP contribution in [0.15, 0.2) is 54.6 Å². The smallest absolute Gasteiger partial charge is 0.257 e. The molecule has 0 bridgehead atoms. The summed E-state index contributed by atoms with van der Waals surface area (Å²) in [4.78, 5) is 30.8. The summed E-state index contributed by atoms with van der Waals surface area (Å²) in [6, 6.07) is 17.0. The molecule has 0 saturated carbocycles. The zero-order valence-corrected chi connectivity index (χ0v) is 17.5. The van der Waals surface area contributed by atoms with Crippen LogP contribution in [0.4, 0.5) is 5.13 Å². The predicted octanol–water partition coefficient (Wildman–Crippen LogP) is 3.79. The summed E-state index contributed by atoms with van der Waals surface area (Å²) in [5.74, 6) is 0.219. The zero-order valence-electron chi connectivity index (χ0n) is 16.7. The Kier molecular flexibility index (Phi) is 6.09. The highest BCUT2D eigenvalue weighted by Crippen LogP contribution is 2.38. The maximum Gasteiger partial charge on any atom is 0.257 e. The van der Waals surface area contributed by atoms with Crippen molar-refractivity contribution >= 4 is 28.3 Å². The molecule has 1 heterocycles. The molecule has 0 fully saturated rings. The van der Waals surface area contributed by atoms with Gasteiger partial charge < -0.3 is 10.1 Å². The Bertz CT molecular complexity index is 1030. The minimum Gasteiger partial charge on any atom is -0.497 e. The van der Waals surface area contributed by atoms with Gasteiger partial charge in [-0.2, -0.15) is 0 Å². The molecule has 0 saturated heterocycles. The summed E-state index contributed by atoms with van der Waals surface area (Å²) in [5, 5.41) is 6.40. The average Bonchev–Trinajstić information content (AvgIpc) is 3.34. The Balaban J connectivity index is 1.35. The van der Waals surface area contributed by atoms with Crippen molar-refractivity contribution in [2.45, 2.75) is 25.2 Å². The SMILES string of the molecule is COc1ccc(C(=O)Nc2nc3c(s2)CC[C@H]3C(=O)NCCc2ccccc2)cc1. The van der Waals surface area contributed by atoms with Crippen molar-refractivity contribution < 1.29 is 14.3 Å². The van der Waals surface area contributed by atoms with E-state index in [0.717, 1.165) is 29.8 Å². The summed E-state index contributed by atoms with van der Waals surface area (Å²) in [6.45, 7) is 0.597. The second-order valence-corrected chi connectivity index (χ2v) is 8.21. The summed E-state index contributed by atoms with van der Waals surface area (Å²) in [7, 11) is 1.58. The van der Waals surface area contributed by atoms with Gasteiger partial charge in [-0.1, -0.05) is 30.3 Å². The maximum absolute atomic E-state index is 12.7. The van der Waals surface area contributed by atoms with Gasteiger partial charge in [-0.05, 0) is 49.1 Å². The number of thiazole rings is 1. The molecule has 0 radical (unpaired) electrons. The van der Waals surface area contributed by atoms with Crippen LogP contribution in [-0.2, 0) is 17.6 Å². The lowest BCUT2D eigenvalue weighted by Gasteiger charge is -2.11. The lowest BCUT2D eigenvalue weighted by Crippen LogP contribution is -2.30. The fourth-order valence-corrected chi connectivity index (χ4v) is 4.58. The van der Waals surface area contributed by atoms with E-state index < -0.39 is 0 Å². The molecule has 7 heteroatoms. The fraction of sp³-hybridized carbons (Fsp3) is 0.261. The Labute approximate surface area is 179 Å². The van der Waals surface area contributed by atoms with E-state index in [2.05, 4.69) is 27.8 Å². The summed E-state index contributed by atoms with van der Waals surface area (Å²) in [6.07, 6.45) is 2.37. The van der Waals surface area contributed by atoms with E-state index in [1.54, 1.807) is 31.4 Å². The number of anilines is 1. The van der Waals surface area contributed by atoms with Gasteiger partial charge in [0.1, 0.15) is 5.75 Å². The van der Waals surface area contributed by atoms with Gasteiger partial charge in [-0.15, -0.1) is 11.3 Å². The molecule has 6 nitrogen and oxygen atoms in total. The first-order chi connectivity index (χ1) is 14.6. The third-order valence-electron chi connectivity index (χ3n) is 5.16. The minimum atomic E-state index is -0.251. The van der Waals surface area contributed by atoms with Gasteiger partial charge in [0.2, 0.25) is 5.91 Å². The number of nitrogens with zero attached hydrogens (tertiary/aromatic N) is 1. The topological polar surface area (TPSA) is 80.3 Å². The highest BCUT2D eigenvalue weighted by Gasteiger charge is 2.32. The first-order valence-corrected chi connectivity index (χ1v) is 10.7. The molecule has 2 aromatic carbocycles. The molecule has 154 valence electrons. The first-order valence-electron chi connectivity index (χ1n) is 9.90. The van der Waals surface area contributed by atoms with E-state index in [4.69, 9.17) is 4.74 Å². The number of amides is 2. The summed E-state index contributed by atoms with van der Waals surface area (Å²) >= 11 is 1.45. The molecule has 1 aromatic heterocycles. The van der Waals surface area contributed by atoms with Crippen molar-refractivity contribution in [1.29, 1.82) is 0 Å². The average molecular weight is 422 g/mol. The normalized spacial score (nSPS) is 14.8. The summed E-state index contributed by atoms with van der Waals surface area (Å²) < 4.78 is 5.12. The molecule has 30 heavy (non-hydrogen) atoms. The second-order valence-electron chi connectivity index (χ2n) is 7.13. The van der Waals surface area contributed by atoms with Crippen molar-refractivity contribution in [3.05, 3.63) is 76.3 Å². The van der Waals surface area contributed by atoms with Crippen molar-refractivity contribution in [2.24, 2.45) is 0 Å². The number of hydrogen-bond acceptors (Lipinski definition) is 5. The van der Waals surface area contributed by atoms with Crippen LogP contribution in [0.25, 0.3) is 0 Å². The van der Waals surface area contributed by atoms with Crippen LogP contribution in [-0.4, -0.2) is 30.5 Å². The summed E-state index contributed by atoms with van der Waals surface area (Å²) in [5.41, 5.74) is 2.52. The number of ether oxygens (including phenoxy) is 1. The number of carbonyl (C=O) groups excluding carboxylic acids is 2. The van der Waals surface area contributed by atoms with Crippen LogP contribution in [0.1, 0.15) is 38.8 Å². The van der Waals surface area contributed by atoms with Gasteiger partial charge in [0.15, 0.2) is 5.13 Å². The molecule has 3 aromatic rings. The first kappa shape index (κ1) is 20.1. The van der Waals surface area contributed by atoms with E-state index in [1.165, 1.54) is 16.9 Å². The fourth-order valence-electron chi connectivity index (χ4n) is 3.55. The Hall–Kier alpha value is -3.19. The number of fused-ring (bicyclic) bond motifs is 1. The lowest BCUT2D eigenvalue weighted by molar-refractivity contribution is -0.122. The van der Waals surface area contributed by atoms with Crippen LogP contribution in [0.2, 0.25) is 0 Å². The monoisotopic (exact) mass is 421 g/mol. The van der Waals surface area contributed by atoms with Crippen LogP contribution in [0, 0.1) is 0 Å². The quantitative estimate of drug-likeness (QED) is 0.608. The highest BCUT2D eigenvalue weighted by atomic mass is 32.1. The largest absolute Gasteiger partial charge is 0.497 e. The molecule has 1 aliphatic carbocycles. The standard InChI is InChI=1S/C23H23N3O3S/c1-29-17-9-7-16(8-10-17)21(27)26-23-25-20-18(11-12-19(20)30-23)22(28)24-14-13-15-5-3-2-4-6-15/h2-10,18H,11-14H2,1H3,(H,24,28)(H,25,26,27)/t18-/m1/s1. The molecule has 1 aliphatic rings. The van der Waals surface area contributed by atoms with Crippen molar-refractivity contribution in [2.75, 3.05) is 19.0 Å². The van der Waals surface area contributed by atoms with Gasteiger partial charge in [0.05, 0.1) is 18.7 Å². The van der Waals surface area contributed by atoms with Crippen LogP contribution < -0.4 is 15.4 Å². The second kappa shape index (κ2) is 9.09. The van der Waals surface area contributed by atoms with Crippen molar-refractivity contribution in [3.63, 3.8) is 0 Å². The van der Waals surface area contributed by atoms with E-state index >= 15 is 0 Å². The predicted molar refractivity (Wildman–Crippen MR) is 117 cm³/mol. The Morgan fingerprint density at radius 2 is 1.90 bits per heavy atom. The van der Waals surface area contributed by atoms with Crippen molar-refractivity contribution in [1.82, 2.24) is 10.3 Å². The number of methoxy groups -OCH3 is 1. The number of aromatic nitrogens is 1. The molecular formula is C23H23N3O3S. The van der Waals surface area contributed by atoms with E-state index in [1.807, 2.05) is 18.2 Å². The van der Waals surface area contributed by atoms with Gasteiger partial charge in [0, 0.05) is 17.0 Å². The molecule has 1 atom stereocenters. The number of rotatable bonds is 7. The van der Waals surface area contributed by atoms with Crippen LogP contribution in [0.3, 0.4) is 0 Å². The Morgan fingerprint density at radius 1 is 1.13 bits per heavy atom.